The second kappa shape index (κ2) is 5.90. The average Bonchev–Trinajstić information content (AvgIpc) is 3.19. The number of rotatable bonds is 5. The van der Waals surface area contributed by atoms with E-state index in [9.17, 15) is 9.59 Å². The summed E-state index contributed by atoms with van der Waals surface area (Å²) in [6, 6.07) is 4.98. The molecule has 6 nitrogen and oxygen atoms in total. The number of benzene rings is 1. The molecule has 0 heterocycles. The van der Waals surface area contributed by atoms with E-state index in [1.165, 1.54) is 6.07 Å². The van der Waals surface area contributed by atoms with Crippen LogP contribution in [0.4, 0.5) is 5.69 Å². The number of carbonyl (C=O) groups is 2. The lowest BCUT2D eigenvalue weighted by atomic mass is 10.1. The topological polar surface area (TPSA) is 96.2 Å². The third kappa shape index (κ3) is 3.84. The van der Waals surface area contributed by atoms with Gasteiger partial charge in [-0.15, -0.1) is 0 Å². The zero-order valence-electron chi connectivity index (χ0n) is 10.2. The Morgan fingerprint density at radius 2 is 2.11 bits per heavy atom. The first kappa shape index (κ1) is 13.6. The number of nitrogens with one attached hydrogen (secondary N) is 3. The third-order valence-corrected chi connectivity index (χ3v) is 2.97. The summed E-state index contributed by atoms with van der Waals surface area (Å²) in [6.45, 7) is -0.0636. The van der Waals surface area contributed by atoms with E-state index >= 15 is 0 Å². The minimum Gasteiger partial charge on any atom is -0.352 e. The molecule has 0 aromatic heterocycles. The van der Waals surface area contributed by atoms with E-state index in [0.717, 1.165) is 12.8 Å². The summed E-state index contributed by atoms with van der Waals surface area (Å²) in [4.78, 5) is 23.4. The Morgan fingerprint density at radius 3 is 2.74 bits per heavy atom. The van der Waals surface area contributed by atoms with E-state index in [0.29, 0.717) is 16.3 Å². The van der Waals surface area contributed by atoms with Crippen molar-refractivity contribution in [3.8, 4) is 0 Å². The summed E-state index contributed by atoms with van der Waals surface area (Å²) in [7, 11) is 0. The highest BCUT2D eigenvalue weighted by atomic mass is 35.5. The number of carbonyl (C=O) groups excluding carboxylic acids is 2. The number of amides is 2. The molecule has 5 N–H and O–H groups in total. The molecule has 19 heavy (non-hydrogen) atoms. The second-order valence-electron chi connectivity index (χ2n) is 4.36. The Balaban J connectivity index is 1.94. The van der Waals surface area contributed by atoms with Crippen LogP contribution in [0.2, 0.25) is 5.02 Å². The van der Waals surface area contributed by atoms with Crippen LogP contribution in [0.25, 0.3) is 0 Å². The van der Waals surface area contributed by atoms with Crippen LogP contribution >= 0.6 is 11.6 Å². The van der Waals surface area contributed by atoms with Crippen LogP contribution in [-0.2, 0) is 4.79 Å². The average molecular weight is 283 g/mol. The van der Waals surface area contributed by atoms with Crippen LogP contribution in [0.5, 0.6) is 0 Å². The fourth-order valence-corrected chi connectivity index (χ4v) is 1.76. The van der Waals surface area contributed by atoms with Crippen LogP contribution in [0, 0.1) is 0 Å². The van der Waals surface area contributed by atoms with Gasteiger partial charge in [0.05, 0.1) is 17.8 Å². The largest absolute Gasteiger partial charge is 0.352 e. The first-order valence-corrected chi connectivity index (χ1v) is 6.31. The molecule has 0 aliphatic heterocycles. The summed E-state index contributed by atoms with van der Waals surface area (Å²) in [6.07, 6.45) is 2.02. The first-order valence-electron chi connectivity index (χ1n) is 5.94. The number of anilines is 1. The molecule has 0 saturated heterocycles. The molecule has 0 radical (unpaired) electrons. The van der Waals surface area contributed by atoms with Gasteiger partial charge < -0.3 is 16.1 Å². The van der Waals surface area contributed by atoms with Crippen LogP contribution < -0.4 is 21.9 Å². The quantitative estimate of drug-likeness (QED) is 0.470. The standard InChI is InChI=1S/C12H15ClN4O2/c13-7-1-4-10(17-14)9(5-7)12(19)15-6-11(18)16-8-2-3-8/h1,4-5,8,17H,2-3,6,14H2,(H,15,19)(H,16,18). The summed E-state index contributed by atoms with van der Waals surface area (Å²) < 4.78 is 0. The maximum atomic E-state index is 11.9. The van der Waals surface area contributed by atoms with Gasteiger partial charge in [-0.1, -0.05) is 11.6 Å². The molecule has 0 bridgehead atoms. The lowest BCUT2D eigenvalue weighted by molar-refractivity contribution is -0.120. The molecule has 1 aromatic rings. The Kier molecular flexibility index (Phi) is 4.24. The number of hydrogen-bond acceptors (Lipinski definition) is 4. The molecule has 1 fully saturated rings. The van der Waals surface area contributed by atoms with E-state index in [1.54, 1.807) is 12.1 Å². The maximum absolute atomic E-state index is 11.9. The smallest absolute Gasteiger partial charge is 0.253 e. The third-order valence-electron chi connectivity index (χ3n) is 2.73. The van der Waals surface area contributed by atoms with Crippen LogP contribution in [-0.4, -0.2) is 24.4 Å². The fraction of sp³-hybridized carbons (Fsp3) is 0.333. The van der Waals surface area contributed by atoms with Gasteiger partial charge in [0, 0.05) is 11.1 Å². The van der Waals surface area contributed by atoms with Crippen molar-refractivity contribution in [1.29, 1.82) is 0 Å². The van der Waals surface area contributed by atoms with E-state index in [1.807, 2.05) is 0 Å². The Morgan fingerprint density at radius 1 is 1.37 bits per heavy atom. The number of halogens is 1. The Hall–Kier alpha value is -1.79. The predicted molar refractivity (Wildman–Crippen MR) is 72.8 cm³/mol. The highest BCUT2D eigenvalue weighted by Gasteiger charge is 2.23. The zero-order chi connectivity index (χ0) is 13.8. The maximum Gasteiger partial charge on any atom is 0.253 e. The van der Waals surface area contributed by atoms with Crippen LogP contribution in [0.15, 0.2) is 18.2 Å². The second-order valence-corrected chi connectivity index (χ2v) is 4.80. The van der Waals surface area contributed by atoms with Crippen molar-refractivity contribution in [3.63, 3.8) is 0 Å². The number of hydrazine groups is 1. The van der Waals surface area contributed by atoms with Crippen molar-refractivity contribution in [1.82, 2.24) is 10.6 Å². The highest BCUT2D eigenvalue weighted by molar-refractivity contribution is 6.31. The van der Waals surface area contributed by atoms with Crippen molar-refractivity contribution in [3.05, 3.63) is 28.8 Å². The molecule has 2 amide bonds. The van der Waals surface area contributed by atoms with E-state index in [-0.39, 0.29) is 18.5 Å². The molecule has 0 atom stereocenters. The van der Waals surface area contributed by atoms with Gasteiger partial charge in [0.1, 0.15) is 0 Å². The summed E-state index contributed by atoms with van der Waals surface area (Å²) in [5, 5.41) is 5.73. The van der Waals surface area contributed by atoms with Gasteiger partial charge in [0.25, 0.3) is 5.91 Å². The van der Waals surface area contributed by atoms with Crippen molar-refractivity contribution < 1.29 is 9.59 Å². The molecule has 1 aliphatic carbocycles. The van der Waals surface area contributed by atoms with Crippen molar-refractivity contribution >= 4 is 29.1 Å². The van der Waals surface area contributed by atoms with Gasteiger partial charge in [-0.25, -0.2) is 0 Å². The van der Waals surface area contributed by atoms with Gasteiger partial charge >= 0.3 is 0 Å². The minimum atomic E-state index is -0.401. The molecular weight excluding hydrogens is 268 g/mol. The minimum absolute atomic E-state index is 0.0636. The molecule has 102 valence electrons. The fourth-order valence-electron chi connectivity index (χ4n) is 1.59. The summed E-state index contributed by atoms with van der Waals surface area (Å²) in [5.41, 5.74) is 3.16. The van der Waals surface area contributed by atoms with Gasteiger partial charge in [0.2, 0.25) is 5.91 Å². The summed E-state index contributed by atoms with van der Waals surface area (Å²) >= 11 is 5.83. The number of hydrogen-bond donors (Lipinski definition) is 4. The van der Waals surface area contributed by atoms with Gasteiger partial charge in [-0.2, -0.15) is 0 Å². The predicted octanol–water partition coefficient (Wildman–Crippen LogP) is 0.634. The van der Waals surface area contributed by atoms with E-state index in [4.69, 9.17) is 17.4 Å². The zero-order valence-corrected chi connectivity index (χ0v) is 11.0. The van der Waals surface area contributed by atoms with Crippen LogP contribution in [0.3, 0.4) is 0 Å². The van der Waals surface area contributed by atoms with Gasteiger partial charge in [-0.05, 0) is 31.0 Å². The first-order chi connectivity index (χ1) is 9.10. The lowest BCUT2D eigenvalue weighted by Gasteiger charge is -2.10. The normalized spacial score (nSPS) is 13.8. The molecule has 1 aliphatic rings. The number of nitrogens with two attached hydrogens (primary N) is 1. The highest BCUT2D eigenvalue weighted by Crippen LogP contribution is 2.20. The lowest BCUT2D eigenvalue weighted by Crippen LogP contribution is -2.38. The monoisotopic (exact) mass is 282 g/mol. The molecule has 0 unspecified atom stereocenters. The number of nitrogen functional groups attached to an aromatic ring is 1. The molecular formula is C12H15ClN4O2. The van der Waals surface area contributed by atoms with Crippen LogP contribution in [0.1, 0.15) is 23.2 Å². The van der Waals surface area contributed by atoms with Gasteiger partial charge in [0.15, 0.2) is 0 Å². The van der Waals surface area contributed by atoms with Crippen molar-refractivity contribution in [2.75, 3.05) is 12.0 Å². The molecule has 1 saturated carbocycles. The Bertz CT molecular complexity index is 503. The van der Waals surface area contributed by atoms with E-state index < -0.39 is 5.91 Å². The summed E-state index contributed by atoms with van der Waals surface area (Å²) in [5.74, 6) is 4.72. The Labute approximate surface area is 115 Å². The van der Waals surface area contributed by atoms with Gasteiger partial charge in [-0.3, -0.25) is 15.4 Å². The molecule has 1 aromatic carbocycles. The molecule has 0 spiro atoms. The van der Waals surface area contributed by atoms with Crippen molar-refractivity contribution in [2.24, 2.45) is 5.84 Å². The van der Waals surface area contributed by atoms with Crippen molar-refractivity contribution in [2.45, 2.75) is 18.9 Å². The molecule has 2 rings (SSSR count). The molecule has 7 heteroatoms. The SMILES string of the molecule is NNc1ccc(Cl)cc1C(=O)NCC(=O)NC1CC1. The van der Waals surface area contributed by atoms with E-state index in [2.05, 4.69) is 16.1 Å².